The Bertz CT molecular complexity index is 946. The third-order valence-electron chi connectivity index (χ3n) is 5.41. The number of amides is 1. The van der Waals surface area contributed by atoms with E-state index in [0.29, 0.717) is 12.8 Å². The van der Waals surface area contributed by atoms with Gasteiger partial charge in [0.1, 0.15) is 0 Å². The van der Waals surface area contributed by atoms with Gasteiger partial charge in [-0.2, -0.15) is 0 Å². The molecule has 27 heavy (non-hydrogen) atoms. The van der Waals surface area contributed by atoms with Gasteiger partial charge >= 0.3 is 0 Å². The van der Waals surface area contributed by atoms with Crippen LogP contribution in [0.4, 0.5) is 5.69 Å². The van der Waals surface area contributed by atoms with E-state index in [-0.39, 0.29) is 23.0 Å². The largest absolute Gasteiger partial charge is 0.294 e. The first kappa shape index (κ1) is 18.2. The molecule has 4 heteroatoms. The predicted molar refractivity (Wildman–Crippen MR) is 110 cm³/mol. The summed E-state index contributed by atoms with van der Waals surface area (Å²) in [6.45, 7) is 4.20. The average Bonchev–Trinajstić information content (AvgIpc) is 2.60. The third-order valence-corrected chi connectivity index (χ3v) is 5.90. The molecule has 0 N–H and O–H groups in total. The molecule has 2 aromatic carbocycles. The Balaban J connectivity index is 1.90. The Morgan fingerprint density at radius 1 is 1.00 bits per heavy atom. The van der Waals surface area contributed by atoms with Crippen molar-refractivity contribution in [3.8, 4) is 0 Å². The lowest BCUT2D eigenvalue weighted by atomic mass is 9.69. The number of allylic oxidation sites excluding steroid dienone is 2. The molecule has 0 saturated heterocycles. The van der Waals surface area contributed by atoms with Crippen molar-refractivity contribution in [1.29, 1.82) is 0 Å². The summed E-state index contributed by atoms with van der Waals surface area (Å²) in [5.74, 6) is 0.0450. The number of benzene rings is 2. The summed E-state index contributed by atoms with van der Waals surface area (Å²) in [5, 5.41) is 0. The zero-order valence-electron chi connectivity index (χ0n) is 15.5. The maximum atomic E-state index is 13.2. The van der Waals surface area contributed by atoms with Gasteiger partial charge in [-0.05, 0) is 41.7 Å². The minimum atomic E-state index is -0.173. The summed E-state index contributed by atoms with van der Waals surface area (Å²) in [5.41, 5.74) is 3.40. The first-order valence-electron chi connectivity index (χ1n) is 9.25. The molecule has 138 valence electrons. The Morgan fingerprint density at radius 2 is 1.74 bits per heavy atom. The molecular weight excluding hydrogens is 402 g/mol. The number of anilines is 1. The molecule has 0 bridgehead atoms. The van der Waals surface area contributed by atoms with Gasteiger partial charge in [-0.3, -0.25) is 14.5 Å². The maximum absolute atomic E-state index is 13.2. The molecule has 3 nitrogen and oxygen atoms in total. The normalized spacial score (nSPS) is 22.0. The number of hydrogen-bond donors (Lipinski definition) is 0. The van der Waals surface area contributed by atoms with Gasteiger partial charge in [-0.15, -0.1) is 0 Å². The fourth-order valence-electron chi connectivity index (χ4n) is 4.30. The second-order valence-corrected chi connectivity index (χ2v) is 9.09. The number of Topliss-reactive ketones (excluding diaryl/α,β-unsaturated/α-hetero) is 1. The molecule has 2 aliphatic rings. The Hall–Kier alpha value is -2.20. The van der Waals surface area contributed by atoms with Crippen molar-refractivity contribution in [2.45, 2.75) is 39.0 Å². The second-order valence-electron chi connectivity index (χ2n) is 8.18. The lowest BCUT2D eigenvalue weighted by Gasteiger charge is -2.43. The third kappa shape index (κ3) is 3.39. The van der Waals surface area contributed by atoms with Crippen LogP contribution in [0.25, 0.3) is 0 Å². The van der Waals surface area contributed by atoms with Gasteiger partial charge < -0.3 is 0 Å². The van der Waals surface area contributed by atoms with E-state index in [1.807, 2.05) is 54.6 Å². The molecule has 0 fully saturated rings. The van der Waals surface area contributed by atoms with E-state index in [4.69, 9.17) is 0 Å². The van der Waals surface area contributed by atoms with E-state index < -0.39 is 0 Å². The van der Waals surface area contributed by atoms with Crippen molar-refractivity contribution in [1.82, 2.24) is 0 Å². The van der Waals surface area contributed by atoms with Crippen LogP contribution in [-0.2, 0) is 9.59 Å². The molecule has 0 radical (unpaired) electrons. The fraction of sp³-hybridized carbons (Fsp3) is 0.304. The van der Waals surface area contributed by atoms with Crippen LogP contribution in [0.1, 0.15) is 44.6 Å². The van der Waals surface area contributed by atoms with Crippen LogP contribution in [0.2, 0.25) is 0 Å². The van der Waals surface area contributed by atoms with E-state index in [0.717, 1.165) is 33.4 Å². The van der Waals surface area contributed by atoms with Crippen molar-refractivity contribution >= 4 is 33.3 Å². The Kier molecular flexibility index (Phi) is 4.55. The number of carbonyl (C=O) groups excluding carboxylic acids is 2. The monoisotopic (exact) mass is 423 g/mol. The zero-order chi connectivity index (χ0) is 19.2. The van der Waals surface area contributed by atoms with Crippen LogP contribution in [0, 0.1) is 5.41 Å². The molecule has 1 amide bonds. The van der Waals surface area contributed by atoms with Gasteiger partial charge in [-0.1, -0.05) is 60.1 Å². The first-order valence-corrected chi connectivity index (χ1v) is 10.0. The fourth-order valence-corrected chi connectivity index (χ4v) is 4.72. The molecule has 2 aromatic rings. The van der Waals surface area contributed by atoms with Crippen molar-refractivity contribution in [2.75, 3.05) is 4.90 Å². The summed E-state index contributed by atoms with van der Waals surface area (Å²) >= 11 is 3.52. The highest BCUT2D eigenvalue weighted by Gasteiger charge is 2.44. The van der Waals surface area contributed by atoms with Gasteiger partial charge in [0.2, 0.25) is 5.91 Å². The summed E-state index contributed by atoms with van der Waals surface area (Å²) in [6.07, 6.45) is 1.56. The summed E-state index contributed by atoms with van der Waals surface area (Å²) in [7, 11) is 0. The van der Waals surface area contributed by atoms with Gasteiger partial charge in [0.05, 0.1) is 0 Å². The number of carbonyl (C=O) groups is 2. The highest BCUT2D eigenvalue weighted by atomic mass is 79.9. The summed E-state index contributed by atoms with van der Waals surface area (Å²) in [6, 6.07) is 17.6. The topological polar surface area (TPSA) is 37.4 Å². The lowest BCUT2D eigenvalue weighted by molar-refractivity contribution is -0.121. The van der Waals surface area contributed by atoms with Crippen molar-refractivity contribution in [2.24, 2.45) is 5.41 Å². The van der Waals surface area contributed by atoms with Crippen molar-refractivity contribution in [3.63, 3.8) is 0 Å². The molecule has 1 aliphatic carbocycles. The van der Waals surface area contributed by atoms with E-state index in [2.05, 4.69) is 29.8 Å². The van der Waals surface area contributed by atoms with Crippen LogP contribution >= 0.6 is 15.9 Å². The number of para-hydroxylation sites is 1. The number of nitrogens with zero attached hydrogens (tertiary/aromatic N) is 1. The van der Waals surface area contributed by atoms with Crippen molar-refractivity contribution < 1.29 is 9.59 Å². The first-order chi connectivity index (χ1) is 12.9. The highest BCUT2D eigenvalue weighted by molar-refractivity contribution is 9.10. The smallest absolute Gasteiger partial charge is 0.232 e. The molecular formula is C23H22BrNO2. The minimum Gasteiger partial charge on any atom is -0.294 e. The SMILES string of the molecule is CC1(C)CC(=O)C2=C(C1)N(c1ccccc1)C(=O)CC2c1cccc(Br)c1. The van der Waals surface area contributed by atoms with Crippen LogP contribution < -0.4 is 4.90 Å². The van der Waals surface area contributed by atoms with Gasteiger partial charge in [-0.25, -0.2) is 0 Å². The zero-order valence-corrected chi connectivity index (χ0v) is 17.1. The molecule has 0 spiro atoms. The standard InChI is InChI=1S/C23H22BrNO2/c1-23(2)13-19-22(20(26)14-23)18(15-7-6-8-16(24)11-15)12-21(27)25(19)17-9-4-3-5-10-17/h3-11,18H,12-14H2,1-2H3. The Labute approximate surface area is 168 Å². The van der Waals surface area contributed by atoms with E-state index >= 15 is 0 Å². The molecule has 0 saturated carbocycles. The van der Waals surface area contributed by atoms with Gasteiger partial charge in [0.25, 0.3) is 0 Å². The second kappa shape index (κ2) is 6.75. The van der Waals surface area contributed by atoms with Crippen molar-refractivity contribution in [3.05, 3.63) is 75.9 Å². The molecule has 0 aromatic heterocycles. The summed E-state index contributed by atoms with van der Waals surface area (Å²) in [4.78, 5) is 28.2. The van der Waals surface area contributed by atoms with Crippen LogP contribution in [-0.4, -0.2) is 11.7 Å². The minimum absolute atomic E-state index is 0.0513. The van der Waals surface area contributed by atoms with Crippen LogP contribution in [0.5, 0.6) is 0 Å². The van der Waals surface area contributed by atoms with Crippen LogP contribution in [0.15, 0.2) is 70.3 Å². The van der Waals surface area contributed by atoms with Gasteiger partial charge in [0.15, 0.2) is 5.78 Å². The maximum Gasteiger partial charge on any atom is 0.232 e. The number of rotatable bonds is 2. The Morgan fingerprint density at radius 3 is 2.44 bits per heavy atom. The molecule has 1 aliphatic heterocycles. The average molecular weight is 424 g/mol. The quantitative estimate of drug-likeness (QED) is 0.628. The predicted octanol–water partition coefficient (Wildman–Crippen LogP) is 5.61. The van der Waals surface area contributed by atoms with Crippen LogP contribution in [0.3, 0.4) is 0 Å². The van der Waals surface area contributed by atoms with E-state index in [1.54, 1.807) is 4.90 Å². The molecule has 4 rings (SSSR count). The van der Waals surface area contributed by atoms with Gasteiger partial charge in [0, 0.05) is 40.2 Å². The van der Waals surface area contributed by atoms with E-state index in [1.165, 1.54) is 0 Å². The lowest BCUT2D eigenvalue weighted by Crippen LogP contribution is -2.43. The number of halogens is 1. The van der Waals surface area contributed by atoms with E-state index in [9.17, 15) is 9.59 Å². The number of ketones is 1. The molecule has 1 unspecified atom stereocenters. The number of hydrogen-bond acceptors (Lipinski definition) is 2. The molecule has 1 heterocycles. The highest BCUT2D eigenvalue weighted by Crippen LogP contribution is 2.48. The molecule has 1 atom stereocenters. The summed E-state index contributed by atoms with van der Waals surface area (Å²) < 4.78 is 0.962.